The summed E-state index contributed by atoms with van der Waals surface area (Å²) in [7, 11) is 0. The zero-order chi connectivity index (χ0) is 13.7. The van der Waals surface area contributed by atoms with Crippen LogP contribution in [0.15, 0.2) is 42.6 Å². The van der Waals surface area contributed by atoms with Crippen molar-refractivity contribution in [3.8, 4) is 0 Å². The van der Waals surface area contributed by atoms with Gasteiger partial charge >= 0.3 is 0 Å². The maximum atomic E-state index is 13.3. The largest absolute Gasteiger partial charge is 0.304 e. The Kier molecular flexibility index (Phi) is 4.63. The molecule has 3 heteroatoms. The van der Waals surface area contributed by atoms with Crippen molar-refractivity contribution in [1.29, 1.82) is 0 Å². The molecule has 1 unspecified atom stereocenters. The van der Waals surface area contributed by atoms with Crippen LogP contribution in [-0.2, 0) is 6.54 Å². The van der Waals surface area contributed by atoms with E-state index in [4.69, 9.17) is 0 Å². The first-order valence-electron chi connectivity index (χ1n) is 6.60. The number of halogens is 1. The Morgan fingerprint density at radius 1 is 1.26 bits per heavy atom. The zero-order valence-corrected chi connectivity index (χ0v) is 11.4. The normalized spacial score (nSPS) is 12.4. The smallest absolute Gasteiger partial charge is 0.123 e. The van der Waals surface area contributed by atoms with E-state index in [0.717, 1.165) is 17.7 Å². The second kappa shape index (κ2) is 6.43. The molecule has 0 saturated carbocycles. The molecule has 0 aliphatic carbocycles. The minimum absolute atomic E-state index is 0.150. The predicted molar refractivity (Wildman–Crippen MR) is 75.2 cm³/mol. The average molecular weight is 258 g/mol. The molecule has 0 fully saturated rings. The number of aryl methyl sites for hydroxylation is 1. The SMILES string of the molecule is CCC(NCc1ncccc1C)c1cccc(F)c1. The Bertz CT molecular complexity index is 540. The highest BCUT2D eigenvalue weighted by molar-refractivity contribution is 5.21. The van der Waals surface area contributed by atoms with Gasteiger partial charge in [-0.1, -0.05) is 25.1 Å². The van der Waals surface area contributed by atoms with Gasteiger partial charge in [0.15, 0.2) is 0 Å². The van der Waals surface area contributed by atoms with Gasteiger partial charge in [-0.15, -0.1) is 0 Å². The number of benzene rings is 1. The van der Waals surface area contributed by atoms with Gasteiger partial charge in [0, 0.05) is 18.8 Å². The molecule has 2 aromatic rings. The van der Waals surface area contributed by atoms with Gasteiger partial charge in [-0.05, 0) is 42.7 Å². The Hall–Kier alpha value is -1.74. The second-order valence-corrected chi connectivity index (χ2v) is 4.66. The molecule has 0 saturated heterocycles. The molecule has 1 aromatic carbocycles. The van der Waals surface area contributed by atoms with E-state index in [0.29, 0.717) is 6.54 Å². The number of rotatable bonds is 5. The minimum atomic E-state index is -0.188. The summed E-state index contributed by atoms with van der Waals surface area (Å²) in [5.74, 6) is -0.188. The first-order valence-corrected chi connectivity index (χ1v) is 6.60. The van der Waals surface area contributed by atoms with Crippen molar-refractivity contribution in [1.82, 2.24) is 10.3 Å². The molecule has 1 N–H and O–H groups in total. The molecule has 0 aliphatic heterocycles. The van der Waals surface area contributed by atoms with Crippen molar-refractivity contribution < 1.29 is 4.39 Å². The molecule has 2 nitrogen and oxygen atoms in total. The summed E-state index contributed by atoms with van der Waals surface area (Å²) in [4.78, 5) is 4.36. The highest BCUT2D eigenvalue weighted by Gasteiger charge is 2.10. The first-order chi connectivity index (χ1) is 9.20. The Morgan fingerprint density at radius 3 is 2.79 bits per heavy atom. The van der Waals surface area contributed by atoms with E-state index in [-0.39, 0.29) is 11.9 Å². The fraction of sp³-hybridized carbons (Fsp3) is 0.312. The number of hydrogen-bond donors (Lipinski definition) is 1. The van der Waals surface area contributed by atoms with Crippen molar-refractivity contribution in [3.63, 3.8) is 0 Å². The maximum absolute atomic E-state index is 13.3. The standard InChI is InChI=1S/C16H19FN2/c1-3-15(13-7-4-8-14(17)10-13)19-11-16-12(2)6-5-9-18-16/h4-10,15,19H,3,11H2,1-2H3. The van der Waals surface area contributed by atoms with Crippen LogP contribution in [0.25, 0.3) is 0 Å². The van der Waals surface area contributed by atoms with Gasteiger partial charge in [-0.2, -0.15) is 0 Å². The van der Waals surface area contributed by atoms with Crippen LogP contribution in [0.1, 0.15) is 36.2 Å². The number of aromatic nitrogens is 1. The summed E-state index contributed by atoms with van der Waals surface area (Å²) in [5, 5.41) is 3.44. The highest BCUT2D eigenvalue weighted by atomic mass is 19.1. The summed E-state index contributed by atoms with van der Waals surface area (Å²) in [6.07, 6.45) is 2.71. The lowest BCUT2D eigenvalue weighted by molar-refractivity contribution is 0.509. The molecule has 1 atom stereocenters. The van der Waals surface area contributed by atoms with Crippen LogP contribution < -0.4 is 5.32 Å². The molecule has 19 heavy (non-hydrogen) atoms. The van der Waals surface area contributed by atoms with Crippen LogP contribution >= 0.6 is 0 Å². The molecule has 0 amide bonds. The molecule has 1 aromatic heterocycles. The van der Waals surface area contributed by atoms with E-state index < -0.39 is 0 Å². The maximum Gasteiger partial charge on any atom is 0.123 e. The van der Waals surface area contributed by atoms with Crippen LogP contribution in [0.3, 0.4) is 0 Å². The van der Waals surface area contributed by atoms with E-state index in [2.05, 4.69) is 17.2 Å². The third-order valence-electron chi connectivity index (χ3n) is 3.29. The van der Waals surface area contributed by atoms with Gasteiger partial charge < -0.3 is 5.32 Å². The van der Waals surface area contributed by atoms with Gasteiger partial charge in [-0.3, -0.25) is 4.98 Å². The van der Waals surface area contributed by atoms with Crippen molar-refractivity contribution in [2.75, 3.05) is 0 Å². The highest BCUT2D eigenvalue weighted by Crippen LogP contribution is 2.18. The van der Waals surface area contributed by atoms with Crippen LogP contribution in [0, 0.1) is 12.7 Å². The van der Waals surface area contributed by atoms with E-state index in [9.17, 15) is 4.39 Å². The van der Waals surface area contributed by atoms with Gasteiger partial charge in [0.1, 0.15) is 5.82 Å². The lowest BCUT2D eigenvalue weighted by Gasteiger charge is -2.18. The fourth-order valence-electron chi connectivity index (χ4n) is 2.14. The van der Waals surface area contributed by atoms with Crippen molar-refractivity contribution in [2.45, 2.75) is 32.9 Å². The molecule has 0 radical (unpaired) electrons. The van der Waals surface area contributed by atoms with E-state index in [1.165, 1.54) is 11.6 Å². The Balaban J connectivity index is 2.06. The molecule has 100 valence electrons. The van der Waals surface area contributed by atoms with Crippen LogP contribution in [0.2, 0.25) is 0 Å². The van der Waals surface area contributed by atoms with Crippen LogP contribution in [0.4, 0.5) is 4.39 Å². The summed E-state index contributed by atoms with van der Waals surface area (Å²) in [6, 6.07) is 10.9. The number of nitrogens with one attached hydrogen (secondary N) is 1. The minimum Gasteiger partial charge on any atom is -0.304 e. The van der Waals surface area contributed by atoms with Crippen LogP contribution in [0.5, 0.6) is 0 Å². The van der Waals surface area contributed by atoms with Crippen molar-refractivity contribution in [2.24, 2.45) is 0 Å². The Labute approximate surface area is 113 Å². The average Bonchev–Trinajstić information content (AvgIpc) is 2.41. The zero-order valence-electron chi connectivity index (χ0n) is 11.4. The lowest BCUT2D eigenvalue weighted by Crippen LogP contribution is -2.21. The number of nitrogens with zero attached hydrogens (tertiary/aromatic N) is 1. The molecular weight excluding hydrogens is 239 g/mol. The molecule has 0 aliphatic rings. The first kappa shape index (κ1) is 13.7. The molecule has 2 rings (SSSR count). The molecular formula is C16H19FN2. The van der Waals surface area contributed by atoms with E-state index in [1.807, 2.05) is 25.1 Å². The fourth-order valence-corrected chi connectivity index (χ4v) is 2.14. The molecule has 0 bridgehead atoms. The van der Waals surface area contributed by atoms with Gasteiger partial charge in [-0.25, -0.2) is 4.39 Å². The second-order valence-electron chi connectivity index (χ2n) is 4.66. The summed E-state index contributed by atoms with van der Waals surface area (Å²) < 4.78 is 13.3. The van der Waals surface area contributed by atoms with E-state index in [1.54, 1.807) is 18.3 Å². The monoisotopic (exact) mass is 258 g/mol. The third kappa shape index (κ3) is 3.61. The van der Waals surface area contributed by atoms with E-state index >= 15 is 0 Å². The van der Waals surface area contributed by atoms with Gasteiger partial charge in [0.05, 0.1) is 5.69 Å². The Morgan fingerprint density at radius 2 is 2.11 bits per heavy atom. The molecule has 1 heterocycles. The van der Waals surface area contributed by atoms with Gasteiger partial charge in [0.25, 0.3) is 0 Å². The van der Waals surface area contributed by atoms with Crippen molar-refractivity contribution in [3.05, 3.63) is 65.2 Å². The number of pyridine rings is 1. The predicted octanol–water partition coefficient (Wildman–Crippen LogP) is 3.77. The summed E-state index contributed by atoms with van der Waals surface area (Å²) in [5.41, 5.74) is 3.19. The van der Waals surface area contributed by atoms with Crippen LogP contribution in [-0.4, -0.2) is 4.98 Å². The summed E-state index contributed by atoms with van der Waals surface area (Å²) in [6.45, 7) is 4.84. The topological polar surface area (TPSA) is 24.9 Å². The quantitative estimate of drug-likeness (QED) is 0.883. The number of hydrogen-bond acceptors (Lipinski definition) is 2. The molecule has 0 spiro atoms. The van der Waals surface area contributed by atoms with Gasteiger partial charge in [0.2, 0.25) is 0 Å². The lowest BCUT2D eigenvalue weighted by atomic mass is 10.0. The van der Waals surface area contributed by atoms with Crippen molar-refractivity contribution >= 4 is 0 Å². The third-order valence-corrected chi connectivity index (χ3v) is 3.29. The summed E-state index contributed by atoms with van der Waals surface area (Å²) >= 11 is 0.